The van der Waals surface area contributed by atoms with Gasteiger partial charge in [-0.3, -0.25) is 19.3 Å². The third-order valence-electron chi connectivity index (χ3n) is 7.61. The van der Waals surface area contributed by atoms with E-state index >= 15 is 0 Å². The van der Waals surface area contributed by atoms with Crippen LogP contribution in [0.4, 0.5) is 11.4 Å². The quantitative estimate of drug-likeness (QED) is 0.646. The first-order chi connectivity index (χ1) is 14.9. The van der Waals surface area contributed by atoms with E-state index in [-0.39, 0.29) is 23.8 Å². The van der Waals surface area contributed by atoms with Crippen LogP contribution in [0, 0.1) is 18.8 Å². The Kier molecular flexibility index (Phi) is 3.79. The van der Waals surface area contributed by atoms with Crippen molar-refractivity contribution in [1.29, 1.82) is 0 Å². The van der Waals surface area contributed by atoms with Crippen LogP contribution < -0.4 is 9.80 Å². The van der Waals surface area contributed by atoms with Gasteiger partial charge in [-0.2, -0.15) is 0 Å². The predicted molar refractivity (Wildman–Crippen MR) is 117 cm³/mol. The van der Waals surface area contributed by atoms with Gasteiger partial charge < -0.3 is 4.90 Å². The molecule has 4 atom stereocenters. The maximum Gasteiger partial charge on any atom is 0.252 e. The van der Waals surface area contributed by atoms with Crippen molar-refractivity contribution in [3.8, 4) is 0 Å². The van der Waals surface area contributed by atoms with Crippen LogP contribution in [-0.2, 0) is 19.9 Å². The van der Waals surface area contributed by atoms with Gasteiger partial charge in [0.15, 0.2) is 0 Å². The highest BCUT2D eigenvalue weighted by Gasteiger charge is 2.75. The van der Waals surface area contributed by atoms with Crippen LogP contribution in [0.3, 0.4) is 0 Å². The Morgan fingerprint density at radius 1 is 1.03 bits per heavy atom. The van der Waals surface area contributed by atoms with Gasteiger partial charge in [-0.1, -0.05) is 29.3 Å². The molecule has 4 aliphatic heterocycles. The summed E-state index contributed by atoms with van der Waals surface area (Å²) in [6, 6.07) is 12.6. The smallest absolute Gasteiger partial charge is 0.252 e. The molecule has 1 spiro atoms. The Morgan fingerprint density at radius 2 is 1.77 bits per heavy atom. The topological polar surface area (TPSA) is 60.9 Å². The SMILES string of the molecule is Cc1ccc2c(c1)C1(C(=O)N2C)C2C(=O)N(c3ccc(Cl)cc3)C(=O)C2C2CCCN21. The standard InChI is InChI=1S/C24H22ClN3O3/c1-13-5-10-17-16(12-13)24(23(31)26(17)2)20-19(18-4-3-11-27(18)24)21(29)28(22(20)30)15-8-6-14(25)7-9-15/h5-10,12,18-20H,3-4,11H2,1-2H3. The summed E-state index contributed by atoms with van der Waals surface area (Å²) in [6.07, 6.45) is 1.73. The number of benzene rings is 2. The van der Waals surface area contributed by atoms with Gasteiger partial charge in [0, 0.05) is 29.4 Å². The van der Waals surface area contributed by atoms with Crippen molar-refractivity contribution in [2.24, 2.45) is 11.8 Å². The molecule has 3 fully saturated rings. The monoisotopic (exact) mass is 435 g/mol. The lowest BCUT2D eigenvalue weighted by Crippen LogP contribution is -2.55. The molecule has 0 radical (unpaired) electrons. The van der Waals surface area contributed by atoms with E-state index in [0.29, 0.717) is 17.3 Å². The number of aryl methyl sites for hydroxylation is 1. The van der Waals surface area contributed by atoms with Crippen LogP contribution >= 0.6 is 11.6 Å². The number of carbonyl (C=O) groups excluding carboxylic acids is 3. The average molecular weight is 436 g/mol. The summed E-state index contributed by atoms with van der Waals surface area (Å²) in [5.74, 6) is -1.84. The number of hydrogen-bond acceptors (Lipinski definition) is 4. The van der Waals surface area contributed by atoms with Crippen molar-refractivity contribution in [2.75, 3.05) is 23.4 Å². The van der Waals surface area contributed by atoms with E-state index in [1.165, 1.54) is 4.90 Å². The van der Waals surface area contributed by atoms with E-state index < -0.39 is 17.4 Å². The van der Waals surface area contributed by atoms with E-state index in [1.54, 1.807) is 36.2 Å². The zero-order chi connectivity index (χ0) is 21.7. The average Bonchev–Trinajstić information content (AvgIpc) is 3.44. The molecule has 6 rings (SSSR count). The molecule has 2 aromatic rings. The maximum absolute atomic E-state index is 13.9. The van der Waals surface area contributed by atoms with E-state index in [1.807, 2.05) is 25.1 Å². The van der Waals surface area contributed by atoms with Gasteiger partial charge in [0.25, 0.3) is 5.91 Å². The number of hydrogen-bond donors (Lipinski definition) is 0. The second-order valence-corrected chi connectivity index (χ2v) is 9.48. The molecule has 3 saturated heterocycles. The van der Waals surface area contributed by atoms with Gasteiger partial charge in [0.1, 0.15) is 5.54 Å². The van der Waals surface area contributed by atoms with E-state index in [4.69, 9.17) is 11.6 Å². The fraction of sp³-hybridized carbons (Fsp3) is 0.375. The third-order valence-corrected chi connectivity index (χ3v) is 7.86. The molecule has 158 valence electrons. The van der Waals surface area contributed by atoms with Crippen LogP contribution in [0.2, 0.25) is 5.02 Å². The maximum atomic E-state index is 13.9. The zero-order valence-corrected chi connectivity index (χ0v) is 18.1. The molecule has 0 N–H and O–H groups in total. The number of anilines is 2. The van der Waals surface area contributed by atoms with Gasteiger partial charge in [0.2, 0.25) is 11.8 Å². The number of amides is 3. The van der Waals surface area contributed by atoms with Crippen molar-refractivity contribution in [3.05, 3.63) is 58.6 Å². The minimum Gasteiger partial charge on any atom is -0.313 e. The Balaban J connectivity index is 1.58. The van der Waals surface area contributed by atoms with Gasteiger partial charge in [-0.15, -0.1) is 0 Å². The molecule has 4 aliphatic rings. The number of carbonyl (C=O) groups is 3. The zero-order valence-electron chi connectivity index (χ0n) is 17.3. The summed E-state index contributed by atoms with van der Waals surface area (Å²) >= 11 is 6.02. The van der Waals surface area contributed by atoms with Crippen molar-refractivity contribution in [3.63, 3.8) is 0 Å². The Labute approximate surface area is 185 Å². The summed E-state index contributed by atoms with van der Waals surface area (Å²) < 4.78 is 0. The Morgan fingerprint density at radius 3 is 2.52 bits per heavy atom. The molecular formula is C24H22ClN3O3. The second kappa shape index (κ2) is 6.17. The fourth-order valence-electron chi connectivity index (χ4n) is 6.45. The molecule has 4 unspecified atom stereocenters. The van der Waals surface area contributed by atoms with E-state index in [2.05, 4.69) is 4.90 Å². The lowest BCUT2D eigenvalue weighted by atomic mass is 9.75. The first-order valence-corrected chi connectivity index (χ1v) is 11.0. The second-order valence-electron chi connectivity index (χ2n) is 9.05. The normalized spacial score (nSPS) is 31.7. The number of imide groups is 1. The van der Waals surface area contributed by atoms with Crippen LogP contribution in [0.5, 0.6) is 0 Å². The Hall–Kier alpha value is -2.70. The molecular weight excluding hydrogens is 414 g/mol. The number of rotatable bonds is 1. The highest BCUT2D eigenvalue weighted by atomic mass is 35.5. The highest BCUT2D eigenvalue weighted by Crippen LogP contribution is 2.61. The summed E-state index contributed by atoms with van der Waals surface area (Å²) in [4.78, 5) is 46.6. The van der Waals surface area contributed by atoms with Crippen molar-refractivity contribution in [1.82, 2.24) is 4.90 Å². The molecule has 0 aromatic heterocycles. The van der Waals surface area contributed by atoms with Gasteiger partial charge in [0.05, 0.1) is 17.5 Å². The van der Waals surface area contributed by atoms with Crippen molar-refractivity contribution < 1.29 is 14.4 Å². The van der Waals surface area contributed by atoms with E-state index in [9.17, 15) is 14.4 Å². The lowest BCUT2D eigenvalue weighted by molar-refractivity contribution is -0.136. The number of likely N-dealkylation sites (N-methyl/N-ethyl adjacent to an activating group) is 1. The van der Waals surface area contributed by atoms with Crippen molar-refractivity contribution >= 4 is 40.7 Å². The minimum absolute atomic E-state index is 0.105. The molecule has 2 aromatic carbocycles. The van der Waals surface area contributed by atoms with Crippen LogP contribution in [0.1, 0.15) is 24.0 Å². The number of nitrogens with zero attached hydrogens (tertiary/aromatic N) is 3. The largest absolute Gasteiger partial charge is 0.313 e. The summed E-state index contributed by atoms with van der Waals surface area (Å²) in [6.45, 7) is 2.71. The summed E-state index contributed by atoms with van der Waals surface area (Å²) in [5.41, 5.74) is 2.12. The van der Waals surface area contributed by atoms with E-state index in [0.717, 1.165) is 29.7 Å². The fourth-order valence-corrected chi connectivity index (χ4v) is 6.58. The molecule has 31 heavy (non-hydrogen) atoms. The minimum atomic E-state index is -1.12. The molecule has 0 saturated carbocycles. The first-order valence-electron chi connectivity index (χ1n) is 10.7. The molecule has 0 bridgehead atoms. The predicted octanol–water partition coefficient (Wildman–Crippen LogP) is 3.10. The molecule has 6 nitrogen and oxygen atoms in total. The first kappa shape index (κ1) is 19.0. The number of fused-ring (bicyclic) bond motifs is 7. The highest BCUT2D eigenvalue weighted by molar-refractivity contribution is 6.31. The van der Waals surface area contributed by atoms with Gasteiger partial charge in [-0.25, -0.2) is 4.90 Å². The molecule has 4 heterocycles. The lowest BCUT2D eigenvalue weighted by Gasteiger charge is -2.37. The van der Waals surface area contributed by atoms with Gasteiger partial charge >= 0.3 is 0 Å². The summed E-state index contributed by atoms with van der Waals surface area (Å²) in [5, 5.41) is 0.540. The van der Waals surface area contributed by atoms with Crippen LogP contribution in [0.15, 0.2) is 42.5 Å². The Bertz CT molecular complexity index is 1160. The van der Waals surface area contributed by atoms with Crippen LogP contribution in [0.25, 0.3) is 0 Å². The molecule has 0 aliphatic carbocycles. The molecule has 3 amide bonds. The van der Waals surface area contributed by atoms with Crippen molar-refractivity contribution in [2.45, 2.75) is 31.3 Å². The summed E-state index contributed by atoms with van der Waals surface area (Å²) in [7, 11) is 1.77. The van der Waals surface area contributed by atoms with Gasteiger partial charge in [-0.05, 0) is 56.6 Å². The van der Waals surface area contributed by atoms with Crippen LogP contribution in [-0.4, -0.2) is 42.3 Å². The molecule has 7 heteroatoms. The third kappa shape index (κ3) is 2.14. The number of halogens is 1.